The van der Waals surface area contributed by atoms with Crippen LogP contribution in [-0.4, -0.2) is 65.6 Å². The van der Waals surface area contributed by atoms with Crippen LogP contribution in [0.25, 0.3) is 21.7 Å². The SMILES string of the molecule is CC1CN(CC2CCN(C(=O)c3cc4ccccc4c4cccnc34)CC2)CC(C)O1. The molecule has 5 heteroatoms. The Kier molecular flexibility index (Phi) is 5.63. The van der Waals surface area contributed by atoms with Crippen LogP contribution in [0.3, 0.4) is 0 Å². The van der Waals surface area contributed by atoms with Crippen LogP contribution in [0, 0.1) is 5.92 Å². The molecule has 0 radical (unpaired) electrons. The fourth-order valence-corrected chi connectivity index (χ4v) is 5.38. The van der Waals surface area contributed by atoms with Crippen LogP contribution in [-0.2, 0) is 4.74 Å². The first kappa shape index (κ1) is 20.4. The summed E-state index contributed by atoms with van der Waals surface area (Å²) in [6.07, 6.45) is 4.51. The molecule has 0 saturated carbocycles. The fraction of sp³-hybridized carbons (Fsp3) is 0.462. The average Bonchev–Trinajstić information content (AvgIpc) is 2.78. The van der Waals surface area contributed by atoms with E-state index >= 15 is 0 Å². The normalized spacial score (nSPS) is 23.5. The van der Waals surface area contributed by atoms with Gasteiger partial charge in [-0.05, 0) is 55.5 Å². The second-order valence-electron chi connectivity index (χ2n) is 9.26. The molecule has 2 saturated heterocycles. The van der Waals surface area contributed by atoms with Gasteiger partial charge in [-0.25, -0.2) is 0 Å². The number of pyridine rings is 1. The number of fused-ring (bicyclic) bond motifs is 3. The molecular formula is C26H31N3O2. The van der Waals surface area contributed by atoms with Crippen molar-refractivity contribution in [1.82, 2.24) is 14.8 Å². The number of hydrogen-bond donors (Lipinski definition) is 0. The summed E-state index contributed by atoms with van der Waals surface area (Å²) >= 11 is 0. The van der Waals surface area contributed by atoms with Gasteiger partial charge in [-0.1, -0.05) is 30.3 Å². The molecule has 2 aliphatic heterocycles. The van der Waals surface area contributed by atoms with Crippen molar-refractivity contribution in [2.45, 2.75) is 38.9 Å². The Labute approximate surface area is 184 Å². The predicted octanol–water partition coefficient (Wildman–Crippen LogP) is 4.35. The molecule has 1 aromatic heterocycles. The summed E-state index contributed by atoms with van der Waals surface area (Å²) < 4.78 is 5.87. The highest BCUT2D eigenvalue weighted by molar-refractivity contribution is 6.15. The first-order valence-corrected chi connectivity index (χ1v) is 11.5. The van der Waals surface area contributed by atoms with Crippen LogP contribution in [0.5, 0.6) is 0 Å². The number of carbonyl (C=O) groups excluding carboxylic acids is 1. The van der Waals surface area contributed by atoms with E-state index in [9.17, 15) is 4.79 Å². The highest BCUT2D eigenvalue weighted by atomic mass is 16.5. The van der Waals surface area contributed by atoms with Gasteiger partial charge in [-0.2, -0.15) is 0 Å². The Hall–Kier alpha value is -2.50. The van der Waals surface area contributed by atoms with Gasteiger partial charge in [0.05, 0.1) is 23.3 Å². The maximum atomic E-state index is 13.5. The molecule has 3 heterocycles. The summed E-state index contributed by atoms with van der Waals surface area (Å²) in [4.78, 5) is 22.7. The van der Waals surface area contributed by atoms with Crippen molar-refractivity contribution >= 4 is 27.6 Å². The van der Waals surface area contributed by atoms with E-state index in [0.29, 0.717) is 18.1 Å². The summed E-state index contributed by atoms with van der Waals surface area (Å²) in [7, 11) is 0. The van der Waals surface area contributed by atoms with Crippen molar-refractivity contribution in [3.8, 4) is 0 Å². The zero-order chi connectivity index (χ0) is 21.4. The Morgan fingerprint density at radius 1 is 1.03 bits per heavy atom. The Balaban J connectivity index is 1.31. The molecule has 2 aromatic carbocycles. The molecule has 2 unspecified atom stereocenters. The van der Waals surface area contributed by atoms with Crippen LogP contribution in [0.15, 0.2) is 48.7 Å². The van der Waals surface area contributed by atoms with Crippen LogP contribution < -0.4 is 0 Å². The standard InChI is InChI=1S/C26H31N3O2/c1-18-15-28(16-19(2)31-18)17-20-9-12-29(13-10-20)26(30)24-14-21-6-3-4-7-22(21)23-8-5-11-27-25(23)24/h3-8,11,14,18-20H,9-10,12-13,15-17H2,1-2H3. The van der Waals surface area contributed by atoms with E-state index in [0.717, 1.165) is 72.8 Å². The topological polar surface area (TPSA) is 45.7 Å². The number of piperidine rings is 1. The van der Waals surface area contributed by atoms with E-state index in [2.05, 4.69) is 41.9 Å². The van der Waals surface area contributed by atoms with Crippen molar-refractivity contribution in [2.24, 2.45) is 5.92 Å². The summed E-state index contributed by atoms with van der Waals surface area (Å²) in [5.41, 5.74) is 1.54. The van der Waals surface area contributed by atoms with Gasteiger partial charge in [0.1, 0.15) is 0 Å². The number of aromatic nitrogens is 1. The van der Waals surface area contributed by atoms with Gasteiger partial charge in [-0.15, -0.1) is 0 Å². The van der Waals surface area contributed by atoms with Gasteiger partial charge in [0.2, 0.25) is 0 Å². The van der Waals surface area contributed by atoms with E-state index in [4.69, 9.17) is 4.74 Å². The zero-order valence-corrected chi connectivity index (χ0v) is 18.5. The number of amides is 1. The van der Waals surface area contributed by atoms with E-state index in [1.165, 1.54) is 0 Å². The molecule has 0 bridgehead atoms. The number of hydrogen-bond acceptors (Lipinski definition) is 4. The second-order valence-corrected chi connectivity index (χ2v) is 9.26. The van der Waals surface area contributed by atoms with E-state index in [1.54, 1.807) is 6.20 Å². The number of likely N-dealkylation sites (tertiary alicyclic amines) is 1. The van der Waals surface area contributed by atoms with E-state index in [-0.39, 0.29) is 5.91 Å². The van der Waals surface area contributed by atoms with Crippen LogP contribution in [0.2, 0.25) is 0 Å². The third-order valence-electron chi connectivity index (χ3n) is 6.76. The molecule has 3 aromatic rings. The highest BCUT2D eigenvalue weighted by Crippen LogP contribution is 2.29. The van der Waals surface area contributed by atoms with Gasteiger partial charge in [0.15, 0.2) is 0 Å². The third-order valence-corrected chi connectivity index (χ3v) is 6.76. The van der Waals surface area contributed by atoms with Crippen LogP contribution in [0.4, 0.5) is 0 Å². The van der Waals surface area contributed by atoms with E-state index in [1.807, 2.05) is 29.2 Å². The lowest BCUT2D eigenvalue weighted by Crippen LogP contribution is -2.48. The molecule has 1 amide bonds. The average molecular weight is 418 g/mol. The van der Waals surface area contributed by atoms with Gasteiger partial charge >= 0.3 is 0 Å². The number of morpholine rings is 1. The molecule has 162 valence electrons. The second kappa shape index (κ2) is 8.56. The molecule has 31 heavy (non-hydrogen) atoms. The summed E-state index contributed by atoms with van der Waals surface area (Å²) in [5.74, 6) is 0.759. The molecule has 0 N–H and O–H groups in total. The van der Waals surface area contributed by atoms with Gasteiger partial charge < -0.3 is 9.64 Å². The van der Waals surface area contributed by atoms with Crippen LogP contribution >= 0.6 is 0 Å². The summed E-state index contributed by atoms with van der Waals surface area (Å²) in [6.45, 7) is 9.09. The maximum absolute atomic E-state index is 13.5. The maximum Gasteiger partial charge on any atom is 0.256 e. The van der Waals surface area contributed by atoms with Crippen LogP contribution in [0.1, 0.15) is 37.0 Å². The minimum absolute atomic E-state index is 0.113. The van der Waals surface area contributed by atoms with Crippen molar-refractivity contribution in [1.29, 1.82) is 0 Å². The minimum Gasteiger partial charge on any atom is -0.373 e. The van der Waals surface area contributed by atoms with Crippen molar-refractivity contribution < 1.29 is 9.53 Å². The Morgan fingerprint density at radius 3 is 2.52 bits per heavy atom. The molecule has 5 rings (SSSR count). The van der Waals surface area contributed by atoms with Gasteiger partial charge in [-0.3, -0.25) is 14.7 Å². The van der Waals surface area contributed by atoms with Gasteiger partial charge in [0, 0.05) is 44.3 Å². The first-order valence-electron chi connectivity index (χ1n) is 11.5. The first-order chi connectivity index (χ1) is 15.1. The Morgan fingerprint density at radius 2 is 1.74 bits per heavy atom. The smallest absolute Gasteiger partial charge is 0.256 e. The molecular weight excluding hydrogens is 386 g/mol. The fourth-order valence-electron chi connectivity index (χ4n) is 5.38. The molecule has 2 atom stereocenters. The number of ether oxygens (including phenoxy) is 1. The number of nitrogens with zero attached hydrogens (tertiary/aromatic N) is 3. The quantitative estimate of drug-likeness (QED) is 0.595. The summed E-state index contributed by atoms with van der Waals surface area (Å²) in [6, 6.07) is 14.3. The lowest BCUT2D eigenvalue weighted by atomic mass is 9.94. The number of carbonyl (C=O) groups is 1. The lowest BCUT2D eigenvalue weighted by molar-refractivity contribution is -0.0728. The molecule has 5 nitrogen and oxygen atoms in total. The predicted molar refractivity (Wildman–Crippen MR) is 124 cm³/mol. The summed E-state index contributed by atoms with van der Waals surface area (Å²) in [5, 5.41) is 3.29. The van der Waals surface area contributed by atoms with Crippen molar-refractivity contribution in [3.63, 3.8) is 0 Å². The minimum atomic E-state index is 0.113. The zero-order valence-electron chi connectivity index (χ0n) is 18.5. The lowest BCUT2D eigenvalue weighted by Gasteiger charge is -2.39. The largest absolute Gasteiger partial charge is 0.373 e. The Bertz CT molecular complexity index is 1080. The number of benzene rings is 2. The number of rotatable bonds is 3. The molecule has 2 fully saturated rings. The van der Waals surface area contributed by atoms with E-state index < -0.39 is 0 Å². The third kappa shape index (κ3) is 4.17. The molecule has 0 aliphatic carbocycles. The highest BCUT2D eigenvalue weighted by Gasteiger charge is 2.29. The molecule has 0 spiro atoms. The monoisotopic (exact) mass is 417 g/mol. The van der Waals surface area contributed by atoms with Crippen molar-refractivity contribution in [2.75, 3.05) is 32.7 Å². The molecule has 2 aliphatic rings. The van der Waals surface area contributed by atoms with Crippen molar-refractivity contribution in [3.05, 3.63) is 54.2 Å². The van der Waals surface area contributed by atoms with Gasteiger partial charge in [0.25, 0.3) is 5.91 Å².